The molecule has 3 aromatic rings. The Morgan fingerprint density at radius 1 is 1.03 bits per heavy atom. The number of urea groups is 1. The smallest absolute Gasteiger partial charge is 0.352 e. The van der Waals surface area contributed by atoms with Gasteiger partial charge in [0.25, 0.3) is 10.0 Å². The maximum absolute atomic E-state index is 13.1. The molecule has 1 aliphatic rings. The fourth-order valence-electron chi connectivity index (χ4n) is 3.43. The van der Waals surface area contributed by atoms with Gasteiger partial charge in [-0.25, -0.2) is 23.2 Å². The molecule has 3 N–H and O–H groups in total. The van der Waals surface area contributed by atoms with Crippen molar-refractivity contribution in [3.05, 3.63) is 53.7 Å². The Morgan fingerprint density at radius 2 is 1.71 bits per heavy atom. The lowest BCUT2D eigenvalue weighted by atomic mass is 10.1. The number of carbonyl (C=O) groups excluding carboxylic acids is 1. The molecule has 1 aliphatic heterocycles. The van der Waals surface area contributed by atoms with Crippen molar-refractivity contribution in [1.29, 1.82) is 0 Å². The number of anilines is 2. The molecule has 0 bridgehead atoms. The monoisotopic (exact) mass is 580 g/mol. The highest BCUT2D eigenvalue weighted by atomic mass is 32.2. The first-order chi connectivity index (χ1) is 17.7. The number of rotatable bonds is 8. The molecule has 204 valence electrons. The third-order valence-corrected chi connectivity index (χ3v) is 8.18. The van der Waals surface area contributed by atoms with Crippen LogP contribution in [0.2, 0.25) is 0 Å². The van der Waals surface area contributed by atoms with Gasteiger partial charge in [-0.2, -0.15) is 26.3 Å². The third kappa shape index (κ3) is 6.45. The molecular weight excluding hydrogens is 562 g/mol. The molecule has 0 radical (unpaired) electrons. The van der Waals surface area contributed by atoms with Crippen LogP contribution >= 0.6 is 11.3 Å². The zero-order valence-corrected chi connectivity index (χ0v) is 20.7. The zero-order valence-electron chi connectivity index (χ0n) is 19.0. The van der Waals surface area contributed by atoms with Gasteiger partial charge in [-0.1, -0.05) is 0 Å². The molecule has 1 saturated heterocycles. The minimum Gasteiger partial charge on any atom is -0.352 e. The van der Waals surface area contributed by atoms with Gasteiger partial charge >= 0.3 is 18.4 Å². The van der Waals surface area contributed by atoms with Crippen LogP contribution in [0, 0.1) is 0 Å². The quantitative estimate of drug-likeness (QED) is 0.339. The molecule has 1 aromatic carbocycles. The second-order valence-corrected chi connectivity index (χ2v) is 10.9. The first-order valence-electron chi connectivity index (χ1n) is 10.7. The van der Waals surface area contributed by atoms with Crippen molar-refractivity contribution in [3.63, 3.8) is 0 Å². The number of thiophene rings is 1. The summed E-state index contributed by atoms with van der Waals surface area (Å²) in [6.45, 7) is 1.88. The van der Waals surface area contributed by atoms with Gasteiger partial charge in [-0.3, -0.25) is 4.72 Å². The topological polar surface area (TPSA) is 116 Å². The first-order valence-corrected chi connectivity index (χ1v) is 13.0. The Kier molecular flexibility index (Phi) is 7.42. The minimum absolute atomic E-state index is 0.0956. The molecule has 38 heavy (non-hydrogen) atoms. The van der Waals surface area contributed by atoms with Crippen LogP contribution in [0.5, 0.6) is 0 Å². The predicted octanol–water partition coefficient (Wildman–Crippen LogP) is 4.48. The van der Waals surface area contributed by atoms with Gasteiger partial charge in [0, 0.05) is 32.4 Å². The fourth-order valence-corrected chi connectivity index (χ4v) is 5.75. The van der Waals surface area contributed by atoms with E-state index in [0.29, 0.717) is 48.1 Å². The van der Waals surface area contributed by atoms with Crippen molar-refractivity contribution in [3.8, 4) is 10.6 Å². The lowest BCUT2D eigenvalue weighted by Gasteiger charge is -2.15. The Bertz CT molecular complexity index is 1410. The zero-order chi connectivity index (χ0) is 27.7. The van der Waals surface area contributed by atoms with E-state index in [-0.39, 0.29) is 34.4 Å². The minimum atomic E-state index is -5.13. The SMILES string of the molecule is O=C1NCCN1CCNc1nccc(-c2ccc(S(=O)(=O)Nc3cc(C(F)(F)F)cc(C(F)(F)F)c3)s2)n1. The first kappa shape index (κ1) is 27.4. The van der Waals surface area contributed by atoms with Crippen LogP contribution in [0.1, 0.15) is 11.1 Å². The number of benzene rings is 1. The summed E-state index contributed by atoms with van der Waals surface area (Å²) >= 11 is 0.711. The number of aromatic nitrogens is 2. The Morgan fingerprint density at radius 3 is 2.32 bits per heavy atom. The summed E-state index contributed by atoms with van der Waals surface area (Å²) in [7, 11) is -4.53. The number of halogens is 6. The van der Waals surface area contributed by atoms with Crippen LogP contribution in [0.15, 0.2) is 46.8 Å². The number of alkyl halides is 6. The van der Waals surface area contributed by atoms with E-state index in [2.05, 4.69) is 20.6 Å². The van der Waals surface area contributed by atoms with Gasteiger partial charge in [0.05, 0.1) is 27.4 Å². The molecule has 0 aliphatic carbocycles. The average Bonchev–Trinajstić information content (AvgIpc) is 3.48. The summed E-state index contributed by atoms with van der Waals surface area (Å²) < 4.78 is 106. The lowest BCUT2D eigenvalue weighted by Crippen LogP contribution is -2.32. The number of sulfonamides is 1. The van der Waals surface area contributed by atoms with Crippen LogP contribution in [0.25, 0.3) is 10.6 Å². The molecule has 3 heterocycles. The third-order valence-electron chi connectivity index (χ3n) is 5.20. The van der Waals surface area contributed by atoms with Crippen molar-refractivity contribution < 1.29 is 39.6 Å². The highest BCUT2D eigenvalue weighted by Crippen LogP contribution is 2.38. The van der Waals surface area contributed by atoms with E-state index >= 15 is 0 Å². The maximum Gasteiger partial charge on any atom is 0.416 e. The fraction of sp³-hybridized carbons (Fsp3) is 0.286. The van der Waals surface area contributed by atoms with Gasteiger partial charge in [-0.05, 0) is 36.4 Å². The van der Waals surface area contributed by atoms with Crippen molar-refractivity contribution >= 4 is 39.0 Å². The van der Waals surface area contributed by atoms with Crippen LogP contribution in [0.3, 0.4) is 0 Å². The molecule has 0 atom stereocenters. The van der Waals surface area contributed by atoms with Crippen LogP contribution in [-0.2, 0) is 22.4 Å². The second-order valence-electron chi connectivity index (χ2n) is 7.93. The highest BCUT2D eigenvalue weighted by Gasteiger charge is 2.37. The van der Waals surface area contributed by atoms with Crippen LogP contribution in [-0.4, -0.2) is 55.5 Å². The standard InChI is InChI=1S/C21H18F6N6O3S2/c22-20(23,24)12-9-13(21(25,26)27)11-14(10-12)32-38(35,36)17-2-1-16(37-17)15-3-4-28-18(31-15)29-5-7-33-8-6-30-19(33)34/h1-4,9-11,32H,5-8H2,(H,30,34)(H,28,29,31). The van der Waals surface area contributed by atoms with Crippen molar-refractivity contribution in [2.75, 3.05) is 36.2 Å². The van der Waals surface area contributed by atoms with Gasteiger partial charge in [0.15, 0.2) is 0 Å². The van der Waals surface area contributed by atoms with E-state index in [4.69, 9.17) is 0 Å². The molecule has 4 rings (SSSR count). The Hall–Kier alpha value is -3.60. The van der Waals surface area contributed by atoms with Gasteiger partial charge in [0.1, 0.15) is 4.21 Å². The molecular formula is C21H18F6N6O3S2. The van der Waals surface area contributed by atoms with E-state index in [9.17, 15) is 39.6 Å². The largest absolute Gasteiger partial charge is 0.416 e. The van der Waals surface area contributed by atoms with Gasteiger partial charge in [0.2, 0.25) is 5.95 Å². The number of carbonyl (C=O) groups is 1. The van der Waals surface area contributed by atoms with E-state index in [1.54, 1.807) is 9.62 Å². The number of nitrogens with one attached hydrogen (secondary N) is 3. The van der Waals surface area contributed by atoms with Crippen LogP contribution < -0.4 is 15.4 Å². The lowest BCUT2D eigenvalue weighted by molar-refractivity contribution is -0.143. The number of nitrogens with zero attached hydrogens (tertiary/aromatic N) is 3. The van der Waals surface area contributed by atoms with Crippen molar-refractivity contribution in [1.82, 2.24) is 20.2 Å². The molecule has 0 saturated carbocycles. The van der Waals surface area contributed by atoms with Crippen LogP contribution in [0.4, 0.5) is 42.8 Å². The van der Waals surface area contributed by atoms with Crippen molar-refractivity contribution in [2.24, 2.45) is 0 Å². The van der Waals surface area contributed by atoms with Gasteiger partial charge in [-0.15, -0.1) is 11.3 Å². The second kappa shape index (κ2) is 10.3. The molecule has 17 heteroatoms. The average molecular weight is 581 g/mol. The molecule has 2 aromatic heterocycles. The van der Waals surface area contributed by atoms with E-state index in [1.165, 1.54) is 18.3 Å². The molecule has 1 fully saturated rings. The molecule has 0 spiro atoms. The Labute approximate surface area is 215 Å². The summed E-state index contributed by atoms with van der Waals surface area (Å²) in [6, 6.07) is 4.35. The maximum atomic E-state index is 13.1. The molecule has 0 unspecified atom stereocenters. The summed E-state index contributed by atoms with van der Waals surface area (Å²) in [5.41, 5.74) is -3.86. The number of hydrogen-bond acceptors (Lipinski definition) is 7. The normalized spacial score (nSPS) is 14.5. The Balaban J connectivity index is 1.51. The van der Waals surface area contributed by atoms with E-state index in [1.807, 2.05) is 0 Å². The predicted molar refractivity (Wildman–Crippen MR) is 126 cm³/mol. The number of hydrogen-bond donors (Lipinski definition) is 3. The summed E-state index contributed by atoms with van der Waals surface area (Å²) in [4.78, 5) is 21.9. The summed E-state index contributed by atoms with van der Waals surface area (Å²) in [6.07, 6.45) is -8.84. The summed E-state index contributed by atoms with van der Waals surface area (Å²) in [5.74, 6) is 0.210. The summed E-state index contributed by atoms with van der Waals surface area (Å²) in [5, 5.41) is 5.63. The van der Waals surface area contributed by atoms with E-state index in [0.717, 1.165) is 6.07 Å². The van der Waals surface area contributed by atoms with Crippen molar-refractivity contribution in [2.45, 2.75) is 16.6 Å². The molecule has 9 nitrogen and oxygen atoms in total. The van der Waals surface area contributed by atoms with Gasteiger partial charge < -0.3 is 15.5 Å². The van der Waals surface area contributed by atoms with E-state index < -0.39 is 39.2 Å². The highest BCUT2D eigenvalue weighted by molar-refractivity contribution is 7.94. The molecule has 2 amide bonds. The number of amides is 2.